The first-order chi connectivity index (χ1) is 9.56. The molecule has 20 heavy (non-hydrogen) atoms. The van der Waals surface area contributed by atoms with Crippen LogP contribution in [0.2, 0.25) is 0 Å². The molecule has 0 aromatic heterocycles. The number of rotatable bonds is 4. The van der Waals surface area contributed by atoms with Crippen molar-refractivity contribution in [3.63, 3.8) is 0 Å². The molecule has 1 saturated carbocycles. The lowest BCUT2D eigenvalue weighted by Crippen LogP contribution is -2.31. The van der Waals surface area contributed by atoms with Crippen LogP contribution in [0.3, 0.4) is 0 Å². The zero-order chi connectivity index (χ0) is 14.3. The van der Waals surface area contributed by atoms with Gasteiger partial charge in [-0.2, -0.15) is 0 Å². The van der Waals surface area contributed by atoms with E-state index in [-0.39, 0.29) is 17.8 Å². The molecular formula is C14H17FN2O3. The van der Waals surface area contributed by atoms with Gasteiger partial charge in [-0.3, -0.25) is 10.1 Å². The summed E-state index contributed by atoms with van der Waals surface area (Å²) in [6.07, 6.45) is 3.27. The Morgan fingerprint density at radius 1 is 1.40 bits per heavy atom. The number of aryl methyl sites for hydroxylation is 1. The number of hydrogen-bond acceptors (Lipinski definition) is 4. The summed E-state index contributed by atoms with van der Waals surface area (Å²) >= 11 is 0. The van der Waals surface area contributed by atoms with E-state index >= 15 is 0 Å². The predicted molar refractivity (Wildman–Crippen MR) is 72.3 cm³/mol. The molecular weight excluding hydrogens is 263 g/mol. The van der Waals surface area contributed by atoms with Crippen molar-refractivity contribution in [3.05, 3.63) is 33.6 Å². The van der Waals surface area contributed by atoms with Gasteiger partial charge in [0.2, 0.25) is 0 Å². The van der Waals surface area contributed by atoms with E-state index in [9.17, 15) is 14.5 Å². The minimum absolute atomic E-state index is 0.0751. The summed E-state index contributed by atoms with van der Waals surface area (Å²) in [5, 5.41) is 14.3. The van der Waals surface area contributed by atoms with Gasteiger partial charge in [0.15, 0.2) is 0 Å². The van der Waals surface area contributed by atoms with E-state index in [4.69, 9.17) is 4.74 Å². The molecule has 0 amide bonds. The second-order valence-corrected chi connectivity index (χ2v) is 5.59. The first-order valence-electron chi connectivity index (χ1n) is 6.89. The number of benzene rings is 1. The van der Waals surface area contributed by atoms with Crippen molar-refractivity contribution in [2.75, 3.05) is 11.9 Å². The third kappa shape index (κ3) is 2.47. The molecule has 1 heterocycles. The Labute approximate surface area is 116 Å². The summed E-state index contributed by atoms with van der Waals surface area (Å²) in [6.45, 7) is 2.28. The van der Waals surface area contributed by atoms with Gasteiger partial charge in [-0.1, -0.05) is 0 Å². The number of nitrogens with one attached hydrogen (secondary N) is 1. The van der Waals surface area contributed by atoms with Crippen LogP contribution in [0.25, 0.3) is 0 Å². The monoisotopic (exact) mass is 280 g/mol. The fraction of sp³-hybridized carbons (Fsp3) is 0.571. The number of nitro groups is 1. The van der Waals surface area contributed by atoms with E-state index in [1.54, 1.807) is 6.92 Å². The smallest absolute Gasteiger partial charge is 0.295 e. The highest BCUT2D eigenvalue weighted by Crippen LogP contribution is 2.40. The van der Waals surface area contributed by atoms with Crippen LogP contribution in [-0.2, 0) is 4.74 Å². The SMILES string of the molecule is Cc1cc(NC2CCOC2C2CC2)c([N+](=O)[O-])cc1F. The second kappa shape index (κ2) is 5.01. The van der Waals surface area contributed by atoms with Crippen LogP contribution in [-0.4, -0.2) is 23.7 Å². The molecule has 0 spiro atoms. The van der Waals surface area contributed by atoms with Gasteiger partial charge in [0.25, 0.3) is 5.69 Å². The Morgan fingerprint density at radius 3 is 2.80 bits per heavy atom. The fourth-order valence-electron chi connectivity index (χ4n) is 2.79. The molecule has 2 aliphatic rings. The third-order valence-electron chi connectivity index (χ3n) is 4.04. The average molecular weight is 280 g/mol. The molecule has 3 rings (SSSR count). The molecule has 1 aromatic rings. The third-order valence-corrected chi connectivity index (χ3v) is 4.04. The molecule has 2 atom stereocenters. The molecule has 1 N–H and O–H groups in total. The molecule has 1 saturated heterocycles. The number of ether oxygens (including phenoxy) is 1. The van der Waals surface area contributed by atoms with E-state index in [0.29, 0.717) is 23.8 Å². The largest absolute Gasteiger partial charge is 0.376 e. The van der Waals surface area contributed by atoms with E-state index in [1.165, 1.54) is 6.07 Å². The average Bonchev–Trinajstić information content (AvgIpc) is 3.14. The van der Waals surface area contributed by atoms with Crippen LogP contribution >= 0.6 is 0 Å². The number of nitrogens with zero attached hydrogens (tertiary/aromatic N) is 1. The summed E-state index contributed by atoms with van der Waals surface area (Å²) < 4.78 is 19.2. The summed E-state index contributed by atoms with van der Waals surface area (Å²) in [7, 11) is 0. The first kappa shape index (κ1) is 13.3. The van der Waals surface area contributed by atoms with Crippen molar-refractivity contribution in [2.45, 2.75) is 38.3 Å². The lowest BCUT2D eigenvalue weighted by Gasteiger charge is -2.20. The molecule has 1 aromatic carbocycles. The first-order valence-corrected chi connectivity index (χ1v) is 6.89. The van der Waals surface area contributed by atoms with Crippen molar-refractivity contribution in [1.82, 2.24) is 0 Å². The Balaban J connectivity index is 1.85. The van der Waals surface area contributed by atoms with Gasteiger partial charge >= 0.3 is 0 Å². The van der Waals surface area contributed by atoms with Crippen molar-refractivity contribution in [3.8, 4) is 0 Å². The maximum atomic E-state index is 13.5. The Bertz CT molecular complexity index is 545. The molecule has 6 heteroatoms. The van der Waals surface area contributed by atoms with Crippen LogP contribution in [0.5, 0.6) is 0 Å². The van der Waals surface area contributed by atoms with E-state index in [0.717, 1.165) is 25.3 Å². The molecule has 2 unspecified atom stereocenters. The van der Waals surface area contributed by atoms with Crippen LogP contribution < -0.4 is 5.32 Å². The second-order valence-electron chi connectivity index (χ2n) is 5.59. The maximum Gasteiger partial charge on any atom is 0.295 e. The topological polar surface area (TPSA) is 64.4 Å². The highest BCUT2D eigenvalue weighted by molar-refractivity contribution is 5.63. The normalized spacial score (nSPS) is 25.7. The molecule has 2 fully saturated rings. The van der Waals surface area contributed by atoms with Crippen LogP contribution in [0.1, 0.15) is 24.8 Å². The van der Waals surface area contributed by atoms with Crippen molar-refractivity contribution in [2.24, 2.45) is 5.92 Å². The van der Waals surface area contributed by atoms with Gasteiger partial charge in [0.05, 0.1) is 23.1 Å². The number of halogens is 1. The standard InChI is InChI=1S/C14H17FN2O3/c1-8-6-12(13(17(18)19)7-10(8)15)16-11-4-5-20-14(11)9-2-3-9/h6-7,9,11,14,16H,2-5H2,1H3. The summed E-state index contributed by atoms with van der Waals surface area (Å²) in [6, 6.07) is 2.57. The Hall–Kier alpha value is -1.69. The lowest BCUT2D eigenvalue weighted by atomic mass is 10.1. The van der Waals surface area contributed by atoms with E-state index in [2.05, 4.69) is 5.32 Å². The quantitative estimate of drug-likeness (QED) is 0.680. The van der Waals surface area contributed by atoms with Gasteiger partial charge in [-0.05, 0) is 43.7 Å². The van der Waals surface area contributed by atoms with Crippen LogP contribution in [0.4, 0.5) is 15.8 Å². The zero-order valence-corrected chi connectivity index (χ0v) is 11.3. The van der Waals surface area contributed by atoms with Gasteiger partial charge in [-0.25, -0.2) is 4.39 Å². The molecule has 1 aliphatic heterocycles. The highest BCUT2D eigenvalue weighted by Gasteiger charge is 2.41. The van der Waals surface area contributed by atoms with Gasteiger partial charge < -0.3 is 10.1 Å². The number of anilines is 1. The summed E-state index contributed by atoms with van der Waals surface area (Å²) in [4.78, 5) is 10.5. The van der Waals surface area contributed by atoms with Crippen LogP contribution in [0.15, 0.2) is 12.1 Å². The van der Waals surface area contributed by atoms with Gasteiger partial charge in [0, 0.05) is 6.61 Å². The van der Waals surface area contributed by atoms with Crippen molar-refractivity contribution in [1.29, 1.82) is 0 Å². The van der Waals surface area contributed by atoms with Gasteiger partial charge in [-0.15, -0.1) is 0 Å². The maximum absolute atomic E-state index is 13.5. The van der Waals surface area contributed by atoms with Crippen molar-refractivity contribution >= 4 is 11.4 Å². The summed E-state index contributed by atoms with van der Waals surface area (Å²) in [5.41, 5.74) is 0.574. The number of hydrogen-bond donors (Lipinski definition) is 1. The molecule has 0 bridgehead atoms. The van der Waals surface area contributed by atoms with Crippen LogP contribution in [0, 0.1) is 28.8 Å². The lowest BCUT2D eigenvalue weighted by molar-refractivity contribution is -0.384. The molecule has 108 valence electrons. The van der Waals surface area contributed by atoms with Crippen molar-refractivity contribution < 1.29 is 14.1 Å². The van der Waals surface area contributed by atoms with E-state index in [1.807, 2.05) is 0 Å². The Kier molecular flexibility index (Phi) is 3.33. The molecule has 5 nitrogen and oxygen atoms in total. The van der Waals surface area contributed by atoms with Gasteiger partial charge in [0.1, 0.15) is 11.5 Å². The zero-order valence-electron chi connectivity index (χ0n) is 11.3. The minimum atomic E-state index is -0.552. The summed E-state index contributed by atoms with van der Waals surface area (Å²) in [5.74, 6) is 0.0132. The fourth-order valence-corrected chi connectivity index (χ4v) is 2.79. The minimum Gasteiger partial charge on any atom is -0.376 e. The van der Waals surface area contributed by atoms with E-state index < -0.39 is 10.7 Å². The predicted octanol–water partition coefficient (Wildman–Crippen LogP) is 3.02. The number of nitro benzene ring substituents is 1. The molecule has 1 aliphatic carbocycles. The molecule has 0 radical (unpaired) electrons. The highest BCUT2D eigenvalue weighted by atomic mass is 19.1. The Morgan fingerprint density at radius 2 is 2.15 bits per heavy atom.